The summed E-state index contributed by atoms with van der Waals surface area (Å²) >= 11 is 0. The summed E-state index contributed by atoms with van der Waals surface area (Å²) in [6.07, 6.45) is 0. The van der Waals surface area contributed by atoms with Crippen LogP contribution < -0.4 is 5.32 Å². The van der Waals surface area contributed by atoms with Crippen LogP contribution in [0, 0.1) is 11.6 Å². The number of rotatable bonds is 6. The van der Waals surface area contributed by atoms with Gasteiger partial charge in [0.25, 0.3) is 0 Å². The molecule has 0 radical (unpaired) electrons. The second-order valence-corrected chi connectivity index (χ2v) is 3.42. The normalized spacial score (nSPS) is 12.4. The van der Waals surface area contributed by atoms with E-state index in [2.05, 4.69) is 5.32 Å². The molecule has 0 saturated heterocycles. The van der Waals surface area contributed by atoms with Gasteiger partial charge in [0.1, 0.15) is 17.7 Å². The van der Waals surface area contributed by atoms with Gasteiger partial charge in [0.05, 0.1) is 6.61 Å². The fourth-order valence-electron chi connectivity index (χ4n) is 1.39. The molecule has 1 rings (SSSR count). The molecule has 0 aliphatic rings. The first-order chi connectivity index (χ1) is 8.04. The van der Waals surface area contributed by atoms with Gasteiger partial charge >= 0.3 is 5.97 Å². The third kappa shape index (κ3) is 4.08. The van der Waals surface area contributed by atoms with Crippen LogP contribution in [-0.2, 0) is 9.53 Å². The van der Waals surface area contributed by atoms with Crippen molar-refractivity contribution in [2.24, 2.45) is 0 Å². The minimum atomic E-state index is -1.20. The zero-order valence-corrected chi connectivity index (χ0v) is 9.24. The van der Waals surface area contributed by atoms with E-state index in [9.17, 15) is 13.6 Å². The Labute approximate surface area is 97.2 Å². The Morgan fingerprint density at radius 3 is 2.47 bits per heavy atom. The number of carbonyl (C=O) groups is 1. The Morgan fingerprint density at radius 2 is 2.00 bits per heavy atom. The number of nitrogens with one attached hydrogen (secondary N) is 1. The fourth-order valence-corrected chi connectivity index (χ4v) is 1.39. The fraction of sp³-hybridized carbons (Fsp3) is 0.364. The highest BCUT2D eigenvalue weighted by molar-refractivity contribution is 5.75. The topological polar surface area (TPSA) is 58.6 Å². The molecule has 0 saturated carbocycles. The third-order valence-electron chi connectivity index (χ3n) is 2.12. The number of methoxy groups -OCH3 is 1. The minimum Gasteiger partial charge on any atom is -0.480 e. The maximum absolute atomic E-state index is 13.0. The van der Waals surface area contributed by atoms with Crippen molar-refractivity contribution in [1.82, 2.24) is 5.32 Å². The van der Waals surface area contributed by atoms with Gasteiger partial charge in [0.15, 0.2) is 0 Å². The highest BCUT2D eigenvalue weighted by Crippen LogP contribution is 2.16. The van der Waals surface area contributed by atoms with Gasteiger partial charge in [-0.3, -0.25) is 10.1 Å². The molecule has 0 fully saturated rings. The molecule has 6 heteroatoms. The SMILES string of the molecule is COCCNC(C(=O)O)c1cc(F)cc(F)c1. The summed E-state index contributed by atoms with van der Waals surface area (Å²) in [5, 5.41) is 11.6. The van der Waals surface area contributed by atoms with Gasteiger partial charge in [0, 0.05) is 19.7 Å². The molecule has 0 aliphatic carbocycles. The Bertz CT molecular complexity index is 378. The van der Waals surface area contributed by atoms with Crippen LogP contribution in [0.3, 0.4) is 0 Å². The lowest BCUT2D eigenvalue weighted by molar-refractivity contribution is -0.139. The van der Waals surface area contributed by atoms with Crippen molar-refractivity contribution in [3.63, 3.8) is 0 Å². The highest BCUT2D eigenvalue weighted by atomic mass is 19.1. The van der Waals surface area contributed by atoms with E-state index in [4.69, 9.17) is 9.84 Å². The highest BCUT2D eigenvalue weighted by Gasteiger charge is 2.20. The molecule has 2 N–H and O–H groups in total. The van der Waals surface area contributed by atoms with Crippen LogP contribution >= 0.6 is 0 Å². The van der Waals surface area contributed by atoms with Crippen LogP contribution in [0.25, 0.3) is 0 Å². The van der Waals surface area contributed by atoms with E-state index in [1.807, 2.05) is 0 Å². The molecule has 1 atom stereocenters. The maximum Gasteiger partial charge on any atom is 0.325 e. The number of hydrogen-bond acceptors (Lipinski definition) is 3. The second-order valence-electron chi connectivity index (χ2n) is 3.42. The van der Waals surface area contributed by atoms with Crippen molar-refractivity contribution in [1.29, 1.82) is 0 Å². The van der Waals surface area contributed by atoms with E-state index in [1.54, 1.807) is 0 Å². The zero-order valence-electron chi connectivity index (χ0n) is 9.24. The quantitative estimate of drug-likeness (QED) is 0.742. The molecule has 1 unspecified atom stereocenters. The molecule has 4 nitrogen and oxygen atoms in total. The maximum atomic E-state index is 13.0. The molecule has 1 aromatic rings. The standard InChI is InChI=1S/C11H13F2NO3/c1-17-3-2-14-10(11(15)16)7-4-8(12)6-9(13)5-7/h4-6,10,14H,2-3H2,1H3,(H,15,16). The first-order valence-corrected chi connectivity index (χ1v) is 4.95. The summed E-state index contributed by atoms with van der Waals surface area (Å²) in [5.41, 5.74) is 0.0334. The lowest BCUT2D eigenvalue weighted by Crippen LogP contribution is -2.31. The summed E-state index contributed by atoms with van der Waals surface area (Å²) in [7, 11) is 1.47. The van der Waals surface area contributed by atoms with Gasteiger partial charge in [-0.25, -0.2) is 8.78 Å². The first kappa shape index (κ1) is 13.5. The number of aliphatic carboxylic acids is 1. The number of benzene rings is 1. The lowest BCUT2D eigenvalue weighted by atomic mass is 10.1. The summed E-state index contributed by atoms with van der Waals surface area (Å²) in [4.78, 5) is 11.0. The summed E-state index contributed by atoms with van der Waals surface area (Å²) in [6.45, 7) is 0.577. The van der Waals surface area contributed by atoms with Crippen LogP contribution in [0.5, 0.6) is 0 Å². The molecule has 0 bridgehead atoms. The number of ether oxygens (including phenoxy) is 1. The van der Waals surface area contributed by atoms with Crippen molar-refractivity contribution in [3.05, 3.63) is 35.4 Å². The van der Waals surface area contributed by atoms with Crippen molar-refractivity contribution in [3.8, 4) is 0 Å². The van der Waals surface area contributed by atoms with Crippen molar-refractivity contribution >= 4 is 5.97 Å². The number of carboxylic acid groups (broad SMARTS) is 1. The molecule has 0 spiro atoms. The third-order valence-corrected chi connectivity index (χ3v) is 2.12. The summed E-state index contributed by atoms with van der Waals surface area (Å²) in [6, 6.07) is 1.51. The predicted octanol–water partition coefficient (Wildman–Crippen LogP) is 1.33. The predicted molar refractivity (Wildman–Crippen MR) is 56.6 cm³/mol. The Morgan fingerprint density at radius 1 is 1.41 bits per heavy atom. The number of halogens is 2. The van der Waals surface area contributed by atoms with Crippen LogP contribution in [0.2, 0.25) is 0 Å². The average molecular weight is 245 g/mol. The minimum absolute atomic E-state index is 0.0334. The van der Waals surface area contributed by atoms with E-state index in [-0.39, 0.29) is 12.1 Å². The molecule has 0 amide bonds. The van der Waals surface area contributed by atoms with Crippen LogP contribution in [0.4, 0.5) is 8.78 Å². The van der Waals surface area contributed by atoms with Gasteiger partial charge in [-0.05, 0) is 17.7 Å². The van der Waals surface area contributed by atoms with Crippen LogP contribution in [0.1, 0.15) is 11.6 Å². The average Bonchev–Trinajstić information content (AvgIpc) is 2.22. The summed E-state index contributed by atoms with van der Waals surface area (Å²) < 4.78 is 30.7. The molecular formula is C11H13F2NO3. The largest absolute Gasteiger partial charge is 0.480 e. The summed E-state index contributed by atoms with van der Waals surface area (Å²) in [5.74, 6) is -2.81. The molecular weight excluding hydrogens is 232 g/mol. The number of carboxylic acids is 1. The van der Waals surface area contributed by atoms with E-state index >= 15 is 0 Å². The smallest absolute Gasteiger partial charge is 0.325 e. The number of hydrogen-bond donors (Lipinski definition) is 2. The van der Waals surface area contributed by atoms with Gasteiger partial charge in [-0.1, -0.05) is 0 Å². The Balaban J connectivity index is 2.85. The second kappa shape index (κ2) is 6.27. The Hall–Kier alpha value is -1.53. The van der Waals surface area contributed by atoms with Gasteiger partial charge in [-0.2, -0.15) is 0 Å². The zero-order chi connectivity index (χ0) is 12.8. The Kier molecular flexibility index (Phi) is 4.99. The van der Waals surface area contributed by atoms with Crippen LogP contribution in [0.15, 0.2) is 18.2 Å². The molecule has 94 valence electrons. The van der Waals surface area contributed by atoms with Gasteiger partial charge in [0.2, 0.25) is 0 Å². The molecule has 0 aliphatic heterocycles. The van der Waals surface area contributed by atoms with Crippen molar-refractivity contribution < 1.29 is 23.4 Å². The van der Waals surface area contributed by atoms with Gasteiger partial charge in [-0.15, -0.1) is 0 Å². The lowest BCUT2D eigenvalue weighted by Gasteiger charge is -2.14. The molecule has 17 heavy (non-hydrogen) atoms. The molecule has 0 aromatic heterocycles. The van der Waals surface area contributed by atoms with E-state index in [0.29, 0.717) is 12.7 Å². The van der Waals surface area contributed by atoms with Crippen molar-refractivity contribution in [2.75, 3.05) is 20.3 Å². The van der Waals surface area contributed by atoms with E-state index < -0.39 is 23.6 Å². The van der Waals surface area contributed by atoms with Gasteiger partial charge < -0.3 is 9.84 Å². The molecule has 1 aromatic carbocycles. The van der Waals surface area contributed by atoms with E-state index in [0.717, 1.165) is 12.1 Å². The molecule has 0 heterocycles. The monoisotopic (exact) mass is 245 g/mol. The van der Waals surface area contributed by atoms with Crippen LogP contribution in [-0.4, -0.2) is 31.3 Å². The first-order valence-electron chi connectivity index (χ1n) is 4.95. The van der Waals surface area contributed by atoms with Crippen molar-refractivity contribution in [2.45, 2.75) is 6.04 Å². The van der Waals surface area contributed by atoms with E-state index in [1.165, 1.54) is 7.11 Å².